The van der Waals surface area contributed by atoms with Gasteiger partial charge in [0.2, 0.25) is 0 Å². The molecule has 6 nitrogen and oxygen atoms in total. The molecule has 1 heterocycles. The molecule has 8 heteroatoms. The first kappa shape index (κ1) is 15.3. The number of halogens is 2. The molecule has 0 saturated carbocycles. The van der Waals surface area contributed by atoms with Crippen LogP contribution in [-0.2, 0) is 0 Å². The van der Waals surface area contributed by atoms with Crippen LogP contribution in [0.5, 0.6) is 5.75 Å². The van der Waals surface area contributed by atoms with Gasteiger partial charge in [-0.2, -0.15) is 0 Å². The van der Waals surface area contributed by atoms with E-state index in [1.165, 1.54) is 6.33 Å². The first-order chi connectivity index (χ1) is 10.0. The van der Waals surface area contributed by atoms with E-state index in [1.54, 1.807) is 25.1 Å². The van der Waals surface area contributed by atoms with E-state index in [0.717, 1.165) is 0 Å². The van der Waals surface area contributed by atoms with Gasteiger partial charge in [-0.15, -0.1) is 0 Å². The quantitative estimate of drug-likeness (QED) is 0.665. The molecule has 3 N–H and O–H groups in total. The van der Waals surface area contributed by atoms with E-state index in [-0.39, 0.29) is 21.6 Å². The Balaban J connectivity index is 2.33. The van der Waals surface area contributed by atoms with Gasteiger partial charge in [-0.05, 0) is 19.1 Å². The highest BCUT2D eigenvalue weighted by molar-refractivity contribution is 6.43. The van der Waals surface area contributed by atoms with Crippen molar-refractivity contribution in [2.45, 2.75) is 6.92 Å². The maximum absolute atomic E-state index is 12.3. The molecule has 1 aromatic heterocycles. The van der Waals surface area contributed by atoms with Gasteiger partial charge in [-0.25, -0.2) is 9.97 Å². The first-order valence-corrected chi connectivity index (χ1v) is 6.78. The van der Waals surface area contributed by atoms with E-state index in [1.807, 2.05) is 0 Å². The normalized spacial score (nSPS) is 10.2. The number of carbonyl (C=O) groups excluding carboxylic acids is 1. The molecule has 0 aliphatic carbocycles. The molecule has 0 radical (unpaired) electrons. The second kappa shape index (κ2) is 6.60. The van der Waals surface area contributed by atoms with Gasteiger partial charge in [0, 0.05) is 0 Å². The number of nitrogens with one attached hydrogen (secondary N) is 1. The summed E-state index contributed by atoms with van der Waals surface area (Å²) in [6.07, 6.45) is 1.20. The van der Waals surface area contributed by atoms with Gasteiger partial charge in [-0.1, -0.05) is 29.3 Å². The maximum Gasteiger partial charge on any atom is 0.260 e. The van der Waals surface area contributed by atoms with Crippen molar-refractivity contribution in [1.29, 1.82) is 0 Å². The predicted molar refractivity (Wildman–Crippen MR) is 82.0 cm³/mol. The van der Waals surface area contributed by atoms with E-state index in [2.05, 4.69) is 15.3 Å². The molecule has 2 rings (SSSR count). The van der Waals surface area contributed by atoms with E-state index < -0.39 is 5.91 Å². The summed E-state index contributed by atoms with van der Waals surface area (Å²) < 4.78 is 5.40. The van der Waals surface area contributed by atoms with Gasteiger partial charge in [0.1, 0.15) is 11.3 Å². The lowest BCUT2D eigenvalue weighted by Gasteiger charge is -2.12. The van der Waals surface area contributed by atoms with Crippen LogP contribution in [0.4, 0.5) is 11.5 Å². The van der Waals surface area contributed by atoms with E-state index in [0.29, 0.717) is 18.0 Å². The number of benzene rings is 1. The molecular formula is C13H12Cl2N4O2. The highest BCUT2D eigenvalue weighted by Crippen LogP contribution is 2.29. The van der Waals surface area contributed by atoms with Gasteiger partial charge < -0.3 is 15.8 Å². The number of hydrogen-bond donors (Lipinski definition) is 2. The smallest absolute Gasteiger partial charge is 0.260 e. The molecule has 0 aliphatic heterocycles. The molecular weight excluding hydrogens is 315 g/mol. The Kier molecular flexibility index (Phi) is 4.82. The number of rotatable bonds is 4. The van der Waals surface area contributed by atoms with Crippen LogP contribution in [0.3, 0.4) is 0 Å². The number of hydrogen-bond acceptors (Lipinski definition) is 5. The lowest BCUT2D eigenvalue weighted by atomic mass is 10.1. The van der Waals surface area contributed by atoms with Crippen LogP contribution in [0.1, 0.15) is 17.3 Å². The zero-order chi connectivity index (χ0) is 15.4. The van der Waals surface area contributed by atoms with Crippen LogP contribution < -0.4 is 15.8 Å². The number of nitrogens with two attached hydrogens (primary N) is 1. The van der Waals surface area contributed by atoms with Crippen molar-refractivity contribution in [1.82, 2.24) is 9.97 Å². The van der Waals surface area contributed by atoms with Crippen LogP contribution in [-0.4, -0.2) is 22.5 Å². The third kappa shape index (κ3) is 3.34. The van der Waals surface area contributed by atoms with Crippen molar-refractivity contribution in [2.24, 2.45) is 0 Å². The molecule has 2 aromatic rings. The Labute approximate surface area is 131 Å². The maximum atomic E-state index is 12.3. The largest absolute Gasteiger partial charge is 0.491 e. The lowest BCUT2D eigenvalue weighted by molar-refractivity contribution is 0.102. The molecule has 1 aromatic carbocycles. The second-order valence-electron chi connectivity index (χ2n) is 3.94. The topological polar surface area (TPSA) is 90.1 Å². The number of carbonyl (C=O) groups is 1. The molecule has 0 saturated heterocycles. The Hall–Kier alpha value is -2.05. The standard InChI is InChI=1S/C13H12Cl2N4O2/c1-2-21-10-7(4-3-5-8(10)16)13(20)19-12-9(14)11(15)17-6-18-12/h3-6H,2,16H2,1H3,(H,17,18,19,20). The third-order valence-corrected chi connectivity index (χ3v) is 3.30. The number of aromatic nitrogens is 2. The van der Waals surface area contributed by atoms with Gasteiger partial charge in [0.05, 0.1) is 17.9 Å². The number of nitrogens with zero attached hydrogens (tertiary/aromatic N) is 2. The summed E-state index contributed by atoms with van der Waals surface area (Å²) in [5.41, 5.74) is 6.47. The number of nitrogen functional groups attached to an aromatic ring is 1. The van der Waals surface area contributed by atoms with Crippen LogP contribution >= 0.6 is 23.2 Å². The number of para-hydroxylation sites is 1. The summed E-state index contributed by atoms with van der Waals surface area (Å²) in [4.78, 5) is 19.9. The van der Waals surface area contributed by atoms with Gasteiger partial charge in [-0.3, -0.25) is 4.79 Å². The molecule has 0 bridgehead atoms. The molecule has 0 atom stereocenters. The summed E-state index contributed by atoms with van der Waals surface area (Å²) in [6, 6.07) is 4.89. The Morgan fingerprint density at radius 3 is 2.86 bits per heavy atom. The van der Waals surface area contributed by atoms with Crippen LogP contribution in [0.15, 0.2) is 24.5 Å². The van der Waals surface area contributed by atoms with E-state index in [9.17, 15) is 4.79 Å². The summed E-state index contributed by atoms with van der Waals surface area (Å²) in [5, 5.41) is 2.67. The highest BCUT2D eigenvalue weighted by Gasteiger charge is 2.17. The average molecular weight is 327 g/mol. The average Bonchev–Trinajstić information content (AvgIpc) is 2.46. The minimum Gasteiger partial charge on any atom is -0.491 e. The Morgan fingerprint density at radius 1 is 1.38 bits per heavy atom. The summed E-state index contributed by atoms with van der Waals surface area (Å²) in [7, 11) is 0. The minimum absolute atomic E-state index is 0.0552. The zero-order valence-corrected chi connectivity index (χ0v) is 12.6. The molecule has 0 aliphatic rings. The fourth-order valence-corrected chi connectivity index (χ4v) is 1.93. The number of amides is 1. The zero-order valence-electron chi connectivity index (χ0n) is 11.1. The first-order valence-electron chi connectivity index (χ1n) is 6.03. The van der Waals surface area contributed by atoms with Crippen molar-refractivity contribution in [3.8, 4) is 5.75 Å². The molecule has 110 valence electrons. The molecule has 0 spiro atoms. The summed E-state index contributed by atoms with van der Waals surface area (Å²) in [6.45, 7) is 2.18. The molecule has 0 unspecified atom stereocenters. The van der Waals surface area contributed by atoms with Crippen molar-refractivity contribution in [2.75, 3.05) is 17.7 Å². The minimum atomic E-state index is -0.456. The Bertz CT molecular complexity index is 679. The lowest BCUT2D eigenvalue weighted by Crippen LogP contribution is -2.16. The SMILES string of the molecule is CCOc1c(N)cccc1C(=O)Nc1ncnc(Cl)c1Cl. The molecule has 21 heavy (non-hydrogen) atoms. The van der Waals surface area contributed by atoms with Gasteiger partial charge >= 0.3 is 0 Å². The van der Waals surface area contributed by atoms with Crippen molar-refractivity contribution >= 4 is 40.6 Å². The summed E-state index contributed by atoms with van der Waals surface area (Å²) in [5.74, 6) is -0.0252. The second-order valence-corrected chi connectivity index (χ2v) is 4.67. The van der Waals surface area contributed by atoms with Gasteiger partial charge in [0.25, 0.3) is 5.91 Å². The fraction of sp³-hybridized carbons (Fsp3) is 0.154. The number of anilines is 2. The Morgan fingerprint density at radius 2 is 2.14 bits per heavy atom. The highest BCUT2D eigenvalue weighted by atomic mass is 35.5. The molecule has 0 fully saturated rings. The molecule has 1 amide bonds. The van der Waals surface area contributed by atoms with E-state index in [4.69, 9.17) is 33.7 Å². The fourth-order valence-electron chi connectivity index (χ4n) is 1.65. The van der Waals surface area contributed by atoms with E-state index >= 15 is 0 Å². The third-order valence-electron chi connectivity index (χ3n) is 2.56. The summed E-state index contributed by atoms with van der Waals surface area (Å²) >= 11 is 11.7. The van der Waals surface area contributed by atoms with Crippen LogP contribution in [0.2, 0.25) is 10.2 Å². The number of ether oxygens (including phenoxy) is 1. The van der Waals surface area contributed by atoms with Crippen molar-refractivity contribution in [3.05, 3.63) is 40.3 Å². The van der Waals surface area contributed by atoms with Crippen molar-refractivity contribution in [3.63, 3.8) is 0 Å². The van der Waals surface area contributed by atoms with Crippen molar-refractivity contribution < 1.29 is 9.53 Å². The van der Waals surface area contributed by atoms with Crippen LogP contribution in [0.25, 0.3) is 0 Å². The van der Waals surface area contributed by atoms with Crippen LogP contribution in [0, 0.1) is 0 Å². The van der Waals surface area contributed by atoms with Gasteiger partial charge in [0.15, 0.2) is 16.7 Å². The predicted octanol–water partition coefficient (Wildman–Crippen LogP) is 3.02. The monoisotopic (exact) mass is 326 g/mol.